The predicted molar refractivity (Wildman–Crippen MR) is 78.3 cm³/mol. The Morgan fingerprint density at radius 3 is 2.81 bits per heavy atom. The number of fused-ring (bicyclic) bond motifs is 1. The Labute approximate surface area is 125 Å². The molecule has 0 bridgehead atoms. The Bertz CT molecular complexity index is 734. The lowest BCUT2D eigenvalue weighted by atomic mass is 9.99. The summed E-state index contributed by atoms with van der Waals surface area (Å²) in [5, 5.41) is 12.8. The highest BCUT2D eigenvalue weighted by atomic mass is 32.1. The van der Waals surface area contributed by atoms with Crippen molar-refractivity contribution in [1.29, 1.82) is 0 Å². The highest BCUT2D eigenvalue weighted by Gasteiger charge is 2.28. The van der Waals surface area contributed by atoms with Gasteiger partial charge in [0, 0.05) is 0 Å². The SMILES string of the molecule is CCOC(=O)C(c1ccc(C)cc1)c1nn2cnnc2s1. The highest BCUT2D eigenvalue weighted by molar-refractivity contribution is 7.16. The predicted octanol–water partition coefficient (Wildman–Crippen LogP) is 2.19. The summed E-state index contributed by atoms with van der Waals surface area (Å²) < 4.78 is 6.77. The zero-order valence-electron chi connectivity index (χ0n) is 11.7. The normalized spacial score (nSPS) is 12.5. The van der Waals surface area contributed by atoms with E-state index in [9.17, 15) is 4.79 Å². The maximum atomic E-state index is 12.3. The lowest BCUT2D eigenvalue weighted by Crippen LogP contribution is -2.17. The van der Waals surface area contributed by atoms with E-state index in [1.165, 1.54) is 17.7 Å². The molecule has 1 unspecified atom stereocenters. The molecule has 6 nitrogen and oxygen atoms in total. The van der Waals surface area contributed by atoms with Gasteiger partial charge in [0.1, 0.15) is 17.3 Å². The molecule has 1 atom stereocenters. The van der Waals surface area contributed by atoms with Gasteiger partial charge in [-0.25, -0.2) is 0 Å². The van der Waals surface area contributed by atoms with Crippen molar-refractivity contribution >= 4 is 22.3 Å². The number of benzene rings is 1. The smallest absolute Gasteiger partial charge is 0.320 e. The van der Waals surface area contributed by atoms with Gasteiger partial charge in [-0.05, 0) is 19.4 Å². The van der Waals surface area contributed by atoms with Crippen LogP contribution < -0.4 is 0 Å². The molecule has 0 amide bonds. The van der Waals surface area contributed by atoms with Crippen LogP contribution in [0, 0.1) is 6.92 Å². The maximum Gasteiger partial charge on any atom is 0.320 e. The number of carbonyl (C=O) groups excluding carboxylic acids is 1. The molecule has 108 valence electrons. The van der Waals surface area contributed by atoms with Crippen LogP contribution in [0.1, 0.15) is 29.0 Å². The van der Waals surface area contributed by atoms with Crippen LogP contribution in [0.25, 0.3) is 4.96 Å². The average molecular weight is 302 g/mol. The highest BCUT2D eigenvalue weighted by Crippen LogP contribution is 2.29. The van der Waals surface area contributed by atoms with Gasteiger partial charge in [-0.3, -0.25) is 4.79 Å². The van der Waals surface area contributed by atoms with Gasteiger partial charge in [0.2, 0.25) is 4.96 Å². The van der Waals surface area contributed by atoms with Crippen molar-refractivity contribution in [3.63, 3.8) is 0 Å². The van der Waals surface area contributed by atoms with Gasteiger partial charge in [0.25, 0.3) is 0 Å². The number of carbonyl (C=O) groups is 1. The number of rotatable bonds is 4. The topological polar surface area (TPSA) is 69.4 Å². The maximum absolute atomic E-state index is 12.3. The number of aryl methyl sites for hydroxylation is 1. The monoisotopic (exact) mass is 302 g/mol. The molecule has 3 aromatic rings. The van der Waals surface area contributed by atoms with Gasteiger partial charge < -0.3 is 4.74 Å². The van der Waals surface area contributed by atoms with Crippen molar-refractivity contribution in [2.45, 2.75) is 19.8 Å². The number of ether oxygens (including phenoxy) is 1. The molecule has 0 radical (unpaired) electrons. The third-order valence-electron chi connectivity index (χ3n) is 3.08. The molecule has 0 aliphatic heterocycles. The van der Waals surface area contributed by atoms with E-state index in [1.807, 2.05) is 31.2 Å². The van der Waals surface area contributed by atoms with E-state index in [1.54, 1.807) is 11.4 Å². The van der Waals surface area contributed by atoms with Crippen molar-refractivity contribution in [2.75, 3.05) is 6.61 Å². The lowest BCUT2D eigenvalue weighted by molar-refractivity contribution is -0.143. The minimum atomic E-state index is -0.530. The summed E-state index contributed by atoms with van der Waals surface area (Å²) in [6.45, 7) is 4.14. The Kier molecular flexibility index (Phi) is 3.66. The Hall–Kier alpha value is -2.28. The number of hydrogen-bond donors (Lipinski definition) is 0. The zero-order chi connectivity index (χ0) is 14.8. The first-order valence-corrected chi connectivity index (χ1v) is 7.40. The molecule has 0 spiro atoms. The fourth-order valence-electron chi connectivity index (χ4n) is 2.06. The molecular formula is C14H14N4O2S. The Morgan fingerprint density at radius 2 is 2.14 bits per heavy atom. The molecule has 2 heterocycles. The Balaban J connectivity index is 2.04. The van der Waals surface area contributed by atoms with Crippen LogP contribution in [-0.2, 0) is 9.53 Å². The molecule has 7 heteroatoms. The molecule has 0 aliphatic rings. The molecule has 21 heavy (non-hydrogen) atoms. The molecule has 0 saturated carbocycles. The van der Waals surface area contributed by atoms with Gasteiger partial charge in [-0.15, -0.1) is 10.2 Å². The second kappa shape index (κ2) is 5.61. The van der Waals surface area contributed by atoms with Crippen LogP contribution in [0.3, 0.4) is 0 Å². The first kappa shape index (κ1) is 13.7. The molecule has 3 rings (SSSR count). The summed E-state index contributed by atoms with van der Waals surface area (Å²) in [6.07, 6.45) is 1.52. The van der Waals surface area contributed by atoms with E-state index in [0.717, 1.165) is 11.1 Å². The van der Waals surface area contributed by atoms with Gasteiger partial charge in [0.05, 0.1) is 6.61 Å². The molecule has 0 fully saturated rings. The fraction of sp³-hybridized carbons (Fsp3) is 0.286. The van der Waals surface area contributed by atoms with Gasteiger partial charge in [0.15, 0.2) is 0 Å². The van der Waals surface area contributed by atoms with Crippen LogP contribution in [0.5, 0.6) is 0 Å². The van der Waals surface area contributed by atoms with Crippen LogP contribution in [0.4, 0.5) is 0 Å². The average Bonchev–Trinajstić information content (AvgIpc) is 3.03. The van der Waals surface area contributed by atoms with E-state index in [-0.39, 0.29) is 5.97 Å². The number of nitrogens with zero attached hydrogens (tertiary/aromatic N) is 4. The van der Waals surface area contributed by atoms with E-state index in [4.69, 9.17) is 4.74 Å². The lowest BCUT2D eigenvalue weighted by Gasteiger charge is -2.13. The number of esters is 1. The van der Waals surface area contributed by atoms with Crippen molar-refractivity contribution in [3.8, 4) is 0 Å². The first-order chi connectivity index (χ1) is 10.2. The van der Waals surface area contributed by atoms with Gasteiger partial charge >= 0.3 is 5.97 Å². The van der Waals surface area contributed by atoms with Crippen LogP contribution in [0.15, 0.2) is 30.6 Å². The molecular weight excluding hydrogens is 288 g/mol. The van der Waals surface area contributed by atoms with E-state index in [2.05, 4.69) is 15.3 Å². The Morgan fingerprint density at radius 1 is 1.38 bits per heavy atom. The summed E-state index contributed by atoms with van der Waals surface area (Å²) >= 11 is 1.34. The molecule has 1 aromatic carbocycles. The number of hydrogen-bond acceptors (Lipinski definition) is 6. The summed E-state index contributed by atoms with van der Waals surface area (Å²) in [5.41, 5.74) is 2.00. The van der Waals surface area contributed by atoms with Crippen molar-refractivity contribution in [3.05, 3.63) is 46.7 Å². The summed E-state index contributed by atoms with van der Waals surface area (Å²) in [4.78, 5) is 13.0. The second-order valence-electron chi connectivity index (χ2n) is 4.59. The van der Waals surface area contributed by atoms with E-state index in [0.29, 0.717) is 16.6 Å². The number of aromatic nitrogens is 4. The van der Waals surface area contributed by atoms with E-state index >= 15 is 0 Å². The summed E-state index contributed by atoms with van der Waals surface area (Å²) in [5.74, 6) is -0.830. The van der Waals surface area contributed by atoms with Crippen molar-refractivity contribution in [1.82, 2.24) is 19.8 Å². The largest absolute Gasteiger partial charge is 0.465 e. The first-order valence-electron chi connectivity index (χ1n) is 6.59. The van der Waals surface area contributed by atoms with Gasteiger partial charge in [-0.1, -0.05) is 41.2 Å². The van der Waals surface area contributed by atoms with Crippen LogP contribution >= 0.6 is 11.3 Å². The van der Waals surface area contributed by atoms with Crippen molar-refractivity contribution < 1.29 is 9.53 Å². The second-order valence-corrected chi connectivity index (χ2v) is 5.58. The van der Waals surface area contributed by atoms with Crippen LogP contribution in [0.2, 0.25) is 0 Å². The third kappa shape index (κ3) is 2.64. The zero-order valence-corrected chi connectivity index (χ0v) is 12.5. The minimum absolute atomic E-state index is 0.300. The molecule has 0 N–H and O–H groups in total. The van der Waals surface area contributed by atoms with E-state index < -0.39 is 5.92 Å². The summed E-state index contributed by atoms with van der Waals surface area (Å²) in [6, 6.07) is 7.81. The third-order valence-corrected chi connectivity index (χ3v) is 4.06. The molecule has 0 saturated heterocycles. The van der Waals surface area contributed by atoms with Gasteiger partial charge in [-0.2, -0.15) is 9.61 Å². The molecule has 2 aromatic heterocycles. The fourth-order valence-corrected chi connectivity index (χ4v) is 2.99. The summed E-state index contributed by atoms with van der Waals surface area (Å²) in [7, 11) is 0. The van der Waals surface area contributed by atoms with Crippen molar-refractivity contribution in [2.24, 2.45) is 0 Å². The minimum Gasteiger partial charge on any atom is -0.465 e. The standard InChI is InChI=1S/C14H14N4O2S/c1-3-20-13(19)11(10-6-4-9(2)5-7-10)12-17-18-8-15-16-14(18)21-12/h4-8,11H,3H2,1-2H3. The quantitative estimate of drug-likeness (QED) is 0.691. The van der Waals surface area contributed by atoms with Crippen LogP contribution in [-0.4, -0.2) is 32.4 Å². The molecule has 0 aliphatic carbocycles.